The molecule has 0 amide bonds. The van der Waals surface area contributed by atoms with Crippen molar-refractivity contribution in [3.05, 3.63) is 64.0 Å². The molecule has 0 aliphatic rings. The molecule has 0 radical (unpaired) electrons. The molecule has 2 aromatic rings. The molecule has 2 rings (SSSR count). The molecule has 0 spiro atoms. The first-order valence-electron chi connectivity index (χ1n) is 6.41. The standard InChI is InChI=1S/C15H15FN2O3/c1-21-12-6-7-14(15(10-12)18(19)20)17-9-8-11-4-2-3-5-13(11)16/h2-7,10,17H,8-9H2,1H3. The lowest BCUT2D eigenvalue weighted by atomic mass is 10.1. The summed E-state index contributed by atoms with van der Waals surface area (Å²) in [5.74, 6) is 0.143. The fourth-order valence-electron chi connectivity index (χ4n) is 1.97. The van der Waals surface area contributed by atoms with E-state index in [-0.39, 0.29) is 11.5 Å². The van der Waals surface area contributed by atoms with Crippen LogP contribution in [0, 0.1) is 15.9 Å². The zero-order valence-electron chi connectivity index (χ0n) is 11.5. The maximum atomic E-state index is 13.5. The number of methoxy groups -OCH3 is 1. The van der Waals surface area contributed by atoms with Gasteiger partial charge >= 0.3 is 0 Å². The van der Waals surface area contributed by atoms with E-state index >= 15 is 0 Å². The van der Waals surface area contributed by atoms with Gasteiger partial charge in [-0.2, -0.15) is 0 Å². The molecule has 0 aliphatic heterocycles. The van der Waals surface area contributed by atoms with Crippen molar-refractivity contribution in [2.75, 3.05) is 19.0 Å². The minimum Gasteiger partial charge on any atom is -0.496 e. The van der Waals surface area contributed by atoms with E-state index in [4.69, 9.17) is 4.74 Å². The Hall–Kier alpha value is -2.63. The molecule has 0 heterocycles. The Bertz CT molecular complexity index is 647. The van der Waals surface area contributed by atoms with Crippen molar-refractivity contribution in [2.45, 2.75) is 6.42 Å². The minimum absolute atomic E-state index is 0.0668. The van der Waals surface area contributed by atoms with E-state index in [2.05, 4.69) is 5.32 Å². The quantitative estimate of drug-likeness (QED) is 0.654. The zero-order chi connectivity index (χ0) is 15.2. The number of ether oxygens (including phenoxy) is 1. The lowest BCUT2D eigenvalue weighted by molar-refractivity contribution is -0.384. The average molecular weight is 290 g/mol. The fourth-order valence-corrected chi connectivity index (χ4v) is 1.97. The molecular weight excluding hydrogens is 275 g/mol. The van der Waals surface area contributed by atoms with Crippen LogP contribution in [0.2, 0.25) is 0 Å². The number of anilines is 1. The van der Waals surface area contributed by atoms with Gasteiger partial charge < -0.3 is 10.1 Å². The predicted octanol–water partition coefficient (Wildman–Crippen LogP) is 3.40. The molecule has 0 saturated heterocycles. The molecule has 6 heteroatoms. The van der Waals surface area contributed by atoms with Gasteiger partial charge in [0.2, 0.25) is 0 Å². The highest BCUT2D eigenvalue weighted by molar-refractivity contribution is 5.63. The Kier molecular flexibility index (Phi) is 4.71. The summed E-state index contributed by atoms with van der Waals surface area (Å²) >= 11 is 0. The van der Waals surface area contributed by atoms with Crippen molar-refractivity contribution in [1.29, 1.82) is 0 Å². The molecule has 2 aromatic carbocycles. The van der Waals surface area contributed by atoms with Crippen LogP contribution in [0.4, 0.5) is 15.8 Å². The third kappa shape index (κ3) is 3.68. The van der Waals surface area contributed by atoms with E-state index in [1.54, 1.807) is 30.3 Å². The number of hydrogen-bond donors (Lipinski definition) is 1. The number of hydrogen-bond acceptors (Lipinski definition) is 4. The molecule has 0 saturated carbocycles. The van der Waals surface area contributed by atoms with Gasteiger partial charge in [-0.1, -0.05) is 18.2 Å². The minimum atomic E-state index is -0.478. The smallest absolute Gasteiger partial charge is 0.296 e. The van der Waals surface area contributed by atoms with Crippen molar-refractivity contribution >= 4 is 11.4 Å². The summed E-state index contributed by atoms with van der Waals surface area (Å²) < 4.78 is 18.4. The second kappa shape index (κ2) is 6.69. The van der Waals surface area contributed by atoms with E-state index in [9.17, 15) is 14.5 Å². The summed E-state index contributed by atoms with van der Waals surface area (Å²) in [4.78, 5) is 10.5. The second-order valence-electron chi connectivity index (χ2n) is 4.41. The van der Waals surface area contributed by atoms with Crippen LogP contribution in [0.3, 0.4) is 0 Å². The number of nitro benzene ring substituents is 1. The molecule has 21 heavy (non-hydrogen) atoms. The summed E-state index contributed by atoms with van der Waals surface area (Å²) in [5, 5.41) is 14.0. The van der Waals surface area contributed by atoms with Crippen LogP contribution >= 0.6 is 0 Å². The third-order valence-electron chi connectivity index (χ3n) is 3.07. The van der Waals surface area contributed by atoms with Gasteiger partial charge in [-0.3, -0.25) is 10.1 Å². The van der Waals surface area contributed by atoms with Gasteiger partial charge in [0.1, 0.15) is 17.3 Å². The summed E-state index contributed by atoms with van der Waals surface area (Å²) in [6.45, 7) is 0.397. The predicted molar refractivity (Wildman–Crippen MR) is 78.2 cm³/mol. The summed E-state index contributed by atoms with van der Waals surface area (Å²) in [7, 11) is 1.45. The van der Waals surface area contributed by atoms with E-state index in [1.807, 2.05) is 0 Å². The Morgan fingerprint density at radius 1 is 1.29 bits per heavy atom. The normalized spacial score (nSPS) is 10.2. The molecule has 0 bridgehead atoms. The summed E-state index contributed by atoms with van der Waals surface area (Å²) in [6, 6.07) is 11.0. The molecule has 0 aromatic heterocycles. The highest BCUT2D eigenvalue weighted by atomic mass is 19.1. The molecule has 5 nitrogen and oxygen atoms in total. The first-order valence-corrected chi connectivity index (χ1v) is 6.41. The van der Waals surface area contributed by atoms with E-state index in [0.717, 1.165) is 0 Å². The SMILES string of the molecule is COc1ccc(NCCc2ccccc2F)c([N+](=O)[O-])c1. The molecule has 0 fully saturated rings. The van der Waals surface area contributed by atoms with Gasteiger partial charge in [-0.15, -0.1) is 0 Å². The largest absolute Gasteiger partial charge is 0.496 e. The molecule has 110 valence electrons. The van der Waals surface area contributed by atoms with Crippen LogP contribution in [0.1, 0.15) is 5.56 Å². The average Bonchev–Trinajstić information content (AvgIpc) is 2.49. The van der Waals surface area contributed by atoms with Crippen molar-refractivity contribution in [1.82, 2.24) is 0 Å². The Labute approximate surface area is 121 Å². The molecule has 0 aliphatic carbocycles. The number of nitro groups is 1. The molecular formula is C15H15FN2O3. The van der Waals surface area contributed by atoms with Crippen molar-refractivity contribution in [2.24, 2.45) is 0 Å². The van der Waals surface area contributed by atoms with Crippen LogP contribution in [-0.4, -0.2) is 18.6 Å². The van der Waals surface area contributed by atoms with Gasteiger partial charge in [-0.25, -0.2) is 4.39 Å². The van der Waals surface area contributed by atoms with E-state index in [0.29, 0.717) is 30.0 Å². The number of benzene rings is 2. The van der Waals surface area contributed by atoms with E-state index < -0.39 is 4.92 Å². The van der Waals surface area contributed by atoms with Gasteiger partial charge in [0.25, 0.3) is 5.69 Å². The Morgan fingerprint density at radius 2 is 2.05 bits per heavy atom. The lowest BCUT2D eigenvalue weighted by Gasteiger charge is -2.09. The highest BCUT2D eigenvalue weighted by Gasteiger charge is 2.14. The third-order valence-corrected chi connectivity index (χ3v) is 3.07. The number of halogens is 1. The highest BCUT2D eigenvalue weighted by Crippen LogP contribution is 2.28. The van der Waals surface area contributed by atoms with E-state index in [1.165, 1.54) is 19.2 Å². The topological polar surface area (TPSA) is 64.4 Å². The maximum Gasteiger partial charge on any atom is 0.296 e. The van der Waals surface area contributed by atoms with Crippen molar-refractivity contribution in [3.63, 3.8) is 0 Å². The number of nitrogens with zero attached hydrogens (tertiary/aromatic N) is 1. The summed E-state index contributed by atoms with van der Waals surface area (Å²) in [5.41, 5.74) is 0.890. The lowest BCUT2D eigenvalue weighted by Crippen LogP contribution is -2.08. The van der Waals surface area contributed by atoms with Crippen LogP contribution in [0.5, 0.6) is 5.75 Å². The van der Waals surface area contributed by atoms with Crippen LogP contribution in [-0.2, 0) is 6.42 Å². The van der Waals surface area contributed by atoms with Crippen molar-refractivity contribution < 1.29 is 14.1 Å². The van der Waals surface area contributed by atoms with Crippen molar-refractivity contribution in [3.8, 4) is 5.75 Å². The van der Waals surface area contributed by atoms with Gasteiger partial charge in [0.05, 0.1) is 18.1 Å². The molecule has 0 unspecified atom stereocenters. The van der Waals surface area contributed by atoms with Crippen LogP contribution < -0.4 is 10.1 Å². The summed E-state index contributed by atoms with van der Waals surface area (Å²) in [6.07, 6.45) is 0.440. The molecule has 0 atom stereocenters. The number of nitrogens with one attached hydrogen (secondary N) is 1. The second-order valence-corrected chi connectivity index (χ2v) is 4.41. The monoisotopic (exact) mass is 290 g/mol. The zero-order valence-corrected chi connectivity index (χ0v) is 11.5. The fraction of sp³-hybridized carbons (Fsp3) is 0.200. The van der Waals surface area contributed by atoms with Gasteiger partial charge in [-0.05, 0) is 30.2 Å². The van der Waals surface area contributed by atoms with Gasteiger partial charge in [0, 0.05) is 6.54 Å². The Morgan fingerprint density at radius 3 is 2.71 bits per heavy atom. The maximum absolute atomic E-state index is 13.5. The van der Waals surface area contributed by atoms with Crippen LogP contribution in [0.15, 0.2) is 42.5 Å². The number of rotatable bonds is 6. The first-order chi connectivity index (χ1) is 10.1. The Balaban J connectivity index is 2.06. The van der Waals surface area contributed by atoms with Gasteiger partial charge in [0.15, 0.2) is 0 Å². The first kappa shape index (κ1) is 14.8. The van der Waals surface area contributed by atoms with Crippen LogP contribution in [0.25, 0.3) is 0 Å². The molecule has 1 N–H and O–H groups in total.